The third kappa shape index (κ3) is 3.48. The molecular weight excluding hydrogens is 451 g/mol. The first-order valence-electron chi connectivity index (χ1n) is 8.09. The van der Waals surface area contributed by atoms with Crippen LogP contribution in [0.5, 0.6) is 0 Å². The van der Waals surface area contributed by atoms with E-state index < -0.39 is 23.8 Å². The van der Waals surface area contributed by atoms with Crippen LogP contribution in [0.4, 0.5) is 10.1 Å². The molecule has 0 aliphatic heterocycles. The van der Waals surface area contributed by atoms with E-state index in [0.29, 0.717) is 25.6 Å². The monoisotopic (exact) mass is 462 g/mol. The average molecular weight is 463 g/mol. The highest BCUT2D eigenvalue weighted by Gasteiger charge is 2.19. The predicted octanol–water partition coefficient (Wildman–Crippen LogP) is 3.96. The van der Waals surface area contributed by atoms with Crippen molar-refractivity contribution in [3.8, 4) is 11.5 Å². The number of aryl methyl sites for hydroxylation is 1. The van der Waals surface area contributed by atoms with Gasteiger partial charge in [0, 0.05) is 4.47 Å². The van der Waals surface area contributed by atoms with Crippen molar-refractivity contribution in [2.75, 3.05) is 5.32 Å². The molecule has 3 aromatic heterocycles. The molecule has 1 N–H and O–H groups in total. The number of hydrogen-bond donors (Lipinski definition) is 1. The second-order valence-electron chi connectivity index (χ2n) is 5.87. The molecule has 0 fully saturated rings. The Kier molecular flexibility index (Phi) is 4.82. The van der Waals surface area contributed by atoms with E-state index in [9.17, 15) is 14.0 Å². The van der Waals surface area contributed by atoms with Crippen LogP contribution in [-0.2, 0) is 11.3 Å². The summed E-state index contributed by atoms with van der Waals surface area (Å²) in [6.07, 6.45) is 1.50. The fourth-order valence-electron chi connectivity index (χ4n) is 2.66. The van der Waals surface area contributed by atoms with E-state index in [4.69, 9.17) is 4.42 Å². The Morgan fingerprint density at radius 3 is 2.93 bits per heavy atom. The maximum atomic E-state index is 13.9. The Hall–Kier alpha value is -2.85. The summed E-state index contributed by atoms with van der Waals surface area (Å²) in [7, 11) is 0. The highest BCUT2D eigenvalue weighted by Crippen LogP contribution is 2.29. The minimum atomic E-state index is -0.593. The zero-order valence-corrected chi connectivity index (χ0v) is 16.8. The van der Waals surface area contributed by atoms with Gasteiger partial charge in [-0.05, 0) is 37.3 Å². The lowest BCUT2D eigenvalue weighted by molar-refractivity contribution is -0.117. The zero-order chi connectivity index (χ0) is 19.8. The van der Waals surface area contributed by atoms with Gasteiger partial charge in [0.15, 0.2) is 11.3 Å². The van der Waals surface area contributed by atoms with Gasteiger partial charge in [0.2, 0.25) is 5.91 Å². The van der Waals surface area contributed by atoms with Crippen LogP contribution in [0.15, 0.2) is 50.3 Å². The van der Waals surface area contributed by atoms with Crippen molar-refractivity contribution in [1.82, 2.24) is 14.8 Å². The van der Waals surface area contributed by atoms with Gasteiger partial charge < -0.3 is 9.73 Å². The van der Waals surface area contributed by atoms with E-state index in [-0.39, 0.29) is 11.2 Å². The zero-order valence-electron chi connectivity index (χ0n) is 14.4. The Balaban J connectivity index is 1.71. The normalized spacial score (nSPS) is 11.1. The lowest BCUT2D eigenvalue weighted by Crippen LogP contribution is -2.30. The number of fused-ring (bicyclic) bond motifs is 1. The molecule has 7 nitrogen and oxygen atoms in total. The van der Waals surface area contributed by atoms with Crippen LogP contribution in [0.3, 0.4) is 0 Å². The maximum absolute atomic E-state index is 13.9. The van der Waals surface area contributed by atoms with Gasteiger partial charge in [-0.15, -0.1) is 11.3 Å². The van der Waals surface area contributed by atoms with Crippen molar-refractivity contribution in [2.45, 2.75) is 13.5 Å². The van der Waals surface area contributed by atoms with E-state index in [0.717, 1.165) is 4.68 Å². The Bertz CT molecular complexity index is 1250. The van der Waals surface area contributed by atoms with Gasteiger partial charge in [0.05, 0.1) is 21.7 Å². The summed E-state index contributed by atoms with van der Waals surface area (Å²) < 4.78 is 21.5. The first-order valence-corrected chi connectivity index (χ1v) is 9.70. The molecule has 0 aliphatic carbocycles. The van der Waals surface area contributed by atoms with E-state index >= 15 is 0 Å². The average Bonchev–Trinajstić information content (AvgIpc) is 3.29. The second kappa shape index (κ2) is 7.28. The molecule has 1 amide bonds. The molecule has 1 aromatic carbocycles. The summed E-state index contributed by atoms with van der Waals surface area (Å²) in [6, 6.07) is 7.67. The predicted molar refractivity (Wildman–Crippen MR) is 107 cm³/mol. The molecule has 0 saturated carbocycles. The van der Waals surface area contributed by atoms with Gasteiger partial charge in [0.25, 0.3) is 5.56 Å². The Morgan fingerprint density at radius 1 is 1.39 bits per heavy atom. The van der Waals surface area contributed by atoms with Crippen LogP contribution in [0.25, 0.3) is 21.7 Å². The highest BCUT2D eigenvalue weighted by atomic mass is 79.9. The highest BCUT2D eigenvalue weighted by molar-refractivity contribution is 9.10. The quantitative estimate of drug-likeness (QED) is 0.495. The number of amides is 1. The molecule has 10 heteroatoms. The number of thiazole rings is 1. The van der Waals surface area contributed by atoms with E-state index in [1.807, 2.05) is 0 Å². The minimum Gasteiger partial charge on any atom is -0.463 e. The number of nitrogens with zero attached hydrogens (tertiary/aromatic N) is 3. The molecule has 0 radical (unpaired) electrons. The van der Waals surface area contributed by atoms with Crippen LogP contribution in [-0.4, -0.2) is 20.7 Å². The molecule has 28 heavy (non-hydrogen) atoms. The van der Waals surface area contributed by atoms with Crippen molar-refractivity contribution in [1.29, 1.82) is 0 Å². The SMILES string of the molecule is Cc1nc2c(=O)n(CC(=O)Nc3ccc(Br)cc3F)nc(-c3ccco3)c2s1. The fourth-order valence-corrected chi connectivity index (χ4v) is 3.90. The molecule has 4 rings (SSSR count). The topological polar surface area (TPSA) is 90.0 Å². The first-order chi connectivity index (χ1) is 13.4. The molecular formula is C18H12BrFN4O3S. The van der Waals surface area contributed by atoms with Gasteiger partial charge in [-0.2, -0.15) is 5.10 Å². The minimum absolute atomic E-state index is 0.0121. The number of anilines is 1. The lowest BCUT2D eigenvalue weighted by atomic mass is 10.3. The number of carbonyl (C=O) groups is 1. The number of aromatic nitrogens is 3. The van der Waals surface area contributed by atoms with Crippen LogP contribution in [0, 0.1) is 12.7 Å². The van der Waals surface area contributed by atoms with Crippen LogP contribution < -0.4 is 10.9 Å². The van der Waals surface area contributed by atoms with Crippen LogP contribution in [0.2, 0.25) is 0 Å². The molecule has 0 atom stereocenters. The molecule has 0 spiro atoms. The largest absolute Gasteiger partial charge is 0.463 e. The van der Waals surface area contributed by atoms with Gasteiger partial charge in [-0.25, -0.2) is 14.1 Å². The summed E-state index contributed by atoms with van der Waals surface area (Å²) in [5.74, 6) is -0.723. The third-order valence-corrected chi connectivity index (χ3v) is 5.33. The molecule has 0 saturated heterocycles. The number of carbonyl (C=O) groups excluding carboxylic acids is 1. The number of hydrogen-bond acceptors (Lipinski definition) is 6. The van der Waals surface area contributed by atoms with Gasteiger partial charge in [0.1, 0.15) is 18.1 Å². The van der Waals surface area contributed by atoms with E-state index in [2.05, 4.69) is 31.3 Å². The summed E-state index contributed by atoms with van der Waals surface area (Å²) >= 11 is 4.48. The molecule has 142 valence electrons. The smallest absolute Gasteiger partial charge is 0.294 e. The van der Waals surface area contributed by atoms with Crippen molar-refractivity contribution < 1.29 is 13.6 Å². The van der Waals surface area contributed by atoms with Crippen molar-refractivity contribution >= 4 is 49.1 Å². The molecule has 3 heterocycles. The number of furan rings is 1. The van der Waals surface area contributed by atoms with Gasteiger partial charge in [-0.3, -0.25) is 9.59 Å². The number of benzene rings is 1. The van der Waals surface area contributed by atoms with Crippen molar-refractivity contribution in [3.63, 3.8) is 0 Å². The van der Waals surface area contributed by atoms with Crippen LogP contribution in [0.1, 0.15) is 5.01 Å². The molecule has 0 unspecified atom stereocenters. The maximum Gasteiger partial charge on any atom is 0.294 e. The van der Waals surface area contributed by atoms with Gasteiger partial charge >= 0.3 is 0 Å². The van der Waals surface area contributed by atoms with Crippen LogP contribution >= 0.6 is 27.3 Å². The second-order valence-corrected chi connectivity index (χ2v) is 7.99. The van der Waals surface area contributed by atoms with E-state index in [1.54, 1.807) is 25.1 Å². The molecule has 0 aliphatic rings. The Morgan fingerprint density at radius 2 is 2.21 bits per heavy atom. The number of rotatable bonds is 4. The Labute approximate surface area is 170 Å². The summed E-state index contributed by atoms with van der Waals surface area (Å²) in [5, 5.41) is 7.43. The van der Waals surface area contributed by atoms with Crippen molar-refractivity contribution in [3.05, 3.63) is 62.2 Å². The third-order valence-electron chi connectivity index (χ3n) is 3.86. The van der Waals surface area contributed by atoms with Gasteiger partial charge in [-0.1, -0.05) is 15.9 Å². The van der Waals surface area contributed by atoms with E-state index in [1.165, 1.54) is 29.7 Å². The molecule has 4 aromatic rings. The lowest BCUT2D eigenvalue weighted by Gasteiger charge is -2.09. The summed E-state index contributed by atoms with van der Waals surface area (Å²) in [4.78, 5) is 29.4. The summed E-state index contributed by atoms with van der Waals surface area (Å²) in [6.45, 7) is 1.39. The fraction of sp³-hybridized carbons (Fsp3) is 0.111. The number of halogens is 2. The number of nitrogens with one attached hydrogen (secondary N) is 1. The standard InChI is InChI=1S/C18H12BrFN4O3S/c1-9-21-16-17(28-9)15(13-3-2-6-27-13)23-24(18(16)26)8-14(25)22-12-5-4-10(19)7-11(12)20/h2-7H,8H2,1H3,(H,22,25). The summed E-state index contributed by atoms with van der Waals surface area (Å²) in [5.41, 5.74) is 0.151. The molecule has 0 bridgehead atoms. The van der Waals surface area contributed by atoms with Crippen molar-refractivity contribution in [2.24, 2.45) is 0 Å². The first kappa shape index (κ1) is 18.5.